The molecule has 0 radical (unpaired) electrons. The Balaban J connectivity index is 1.57. The van der Waals surface area contributed by atoms with Crippen molar-refractivity contribution in [2.24, 2.45) is 5.73 Å². The molecular formula is C20H26N6O. The summed E-state index contributed by atoms with van der Waals surface area (Å²) in [6.07, 6.45) is 3.00. The van der Waals surface area contributed by atoms with Crippen molar-refractivity contribution in [3.8, 4) is 17.3 Å². The Labute approximate surface area is 158 Å². The zero-order chi connectivity index (χ0) is 18.8. The molecule has 0 unspecified atom stereocenters. The number of benzene rings is 1. The lowest BCUT2D eigenvalue weighted by Crippen LogP contribution is -2.46. The van der Waals surface area contributed by atoms with Gasteiger partial charge in [-0.05, 0) is 57.6 Å². The molecule has 2 aromatic heterocycles. The highest BCUT2D eigenvalue weighted by Crippen LogP contribution is 2.30. The van der Waals surface area contributed by atoms with E-state index in [0.29, 0.717) is 11.7 Å². The molecule has 1 aliphatic heterocycles. The number of aromatic amines is 1. The van der Waals surface area contributed by atoms with E-state index < -0.39 is 0 Å². The number of hydrogen-bond donors (Lipinski definition) is 2. The second-order valence-electron chi connectivity index (χ2n) is 7.35. The number of ether oxygens (including phenoxy) is 1. The van der Waals surface area contributed by atoms with Crippen LogP contribution in [-0.2, 0) is 0 Å². The minimum atomic E-state index is 0.123. The Morgan fingerprint density at radius 1 is 1.30 bits per heavy atom. The van der Waals surface area contributed by atoms with Crippen molar-refractivity contribution in [2.75, 3.05) is 26.2 Å². The number of hydrogen-bond acceptors (Lipinski definition) is 6. The Morgan fingerprint density at radius 3 is 2.93 bits per heavy atom. The number of nitrogens with zero attached hydrogens (tertiary/aromatic N) is 4. The standard InChI is InChI=1S/C20H26N6O/c1-13(2)27-15-4-5-18-16(10-15)19(25-24-18)20-22-8-6-17(23-20)14-11-26(12-14)9-3-7-21/h4-6,8,10,13-14H,3,7,9,11-12,21H2,1-2H3,(H,24,25). The van der Waals surface area contributed by atoms with Gasteiger partial charge in [0.15, 0.2) is 5.82 Å². The lowest BCUT2D eigenvalue weighted by atomic mass is 9.96. The van der Waals surface area contributed by atoms with Gasteiger partial charge < -0.3 is 15.4 Å². The minimum absolute atomic E-state index is 0.123. The largest absolute Gasteiger partial charge is 0.491 e. The first kappa shape index (κ1) is 17.9. The average Bonchev–Trinajstić information content (AvgIpc) is 3.03. The number of nitrogens with two attached hydrogens (primary N) is 1. The van der Waals surface area contributed by atoms with Crippen molar-refractivity contribution in [1.82, 2.24) is 25.1 Å². The van der Waals surface area contributed by atoms with Gasteiger partial charge in [0, 0.05) is 30.6 Å². The highest BCUT2D eigenvalue weighted by Gasteiger charge is 2.29. The summed E-state index contributed by atoms with van der Waals surface area (Å²) in [6, 6.07) is 7.94. The van der Waals surface area contributed by atoms with Crippen molar-refractivity contribution >= 4 is 10.9 Å². The monoisotopic (exact) mass is 366 g/mol. The van der Waals surface area contributed by atoms with Crippen LogP contribution in [0.5, 0.6) is 5.75 Å². The fraction of sp³-hybridized carbons (Fsp3) is 0.450. The molecule has 3 N–H and O–H groups in total. The van der Waals surface area contributed by atoms with Crippen molar-refractivity contribution in [3.05, 3.63) is 36.2 Å². The van der Waals surface area contributed by atoms with Crippen LogP contribution in [0.4, 0.5) is 0 Å². The van der Waals surface area contributed by atoms with Crippen LogP contribution in [0, 0.1) is 0 Å². The van der Waals surface area contributed by atoms with Crippen molar-refractivity contribution in [3.63, 3.8) is 0 Å². The van der Waals surface area contributed by atoms with Gasteiger partial charge in [-0.1, -0.05) is 0 Å². The van der Waals surface area contributed by atoms with Crippen LogP contribution in [0.3, 0.4) is 0 Å². The van der Waals surface area contributed by atoms with Crippen LogP contribution in [0.1, 0.15) is 31.9 Å². The predicted octanol–water partition coefficient (Wildman–Crippen LogP) is 2.56. The zero-order valence-electron chi connectivity index (χ0n) is 15.9. The second kappa shape index (κ2) is 7.62. The lowest BCUT2D eigenvalue weighted by molar-refractivity contribution is 0.145. The van der Waals surface area contributed by atoms with Crippen LogP contribution in [0.2, 0.25) is 0 Å². The molecule has 0 saturated carbocycles. The number of H-pyrrole nitrogens is 1. The third-order valence-electron chi connectivity index (χ3n) is 4.85. The molecule has 0 amide bonds. The summed E-state index contributed by atoms with van der Waals surface area (Å²) in [5.41, 5.74) is 8.39. The van der Waals surface area contributed by atoms with E-state index in [1.165, 1.54) is 0 Å². The van der Waals surface area contributed by atoms with E-state index in [1.54, 1.807) is 0 Å². The zero-order valence-corrected chi connectivity index (χ0v) is 15.9. The number of rotatable bonds is 7. The van der Waals surface area contributed by atoms with E-state index in [-0.39, 0.29) is 6.10 Å². The summed E-state index contributed by atoms with van der Waals surface area (Å²) in [5, 5.41) is 8.50. The van der Waals surface area contributed by atoms with E-state index in [0.717, 1.165) is 60.6 Å². The summed E-state index contributed by atoms with van der Waals surface area (Å²) >= 11 is 0. The summed E-state index contributed by atoms with van der Waals surface area (Å²) in [7, 11) is 0. The maximum absolute atomic E-state index is 5.82. The van der Waals surface area contributed by atoms with Gasteiger partial charge in [0.05, 0.1) is 17.3 Å². The number of aromatic nitrogens is 4. The maximum Gasteiger partial charge on any atom is 0.180 e. The number of nitrogens with one attached hydrogen (secondary N) is 1. The summed E-state index contributed by atoms with van der Waals surface area (Å²) in [5.74, 6) is 1.93. The normalized spacial score (nSPS) is 15.4. The molecule has 142 valence electrons. The van der Waals surface area contributed by atoms with Gasteiger partial charge in [-0.2, -0.15) is 5.10 Å². The molecule has 0 aliphatic carbocycles. The van der Waals surface area contributed by atoms with E-state index in [2.05, 4.69) is 20.1 Å². The molecule has 7 nitrogen and oxygen atoms in total. The van der Waals surface area contributed by atoms with Crippen molar-refractivity contribution < 1.29 is 4.74 Å². The molecule has 0 bridgehead atoms. The Hall–Kier alpha value is -2.51. The highest BCUT2D eigenvalue weighted by atomic mass is 16.5. The van der Waals surface area contributed by atoms with Crippen LogP contribution >= 0.6 is 0 Å². The molecule has 3 aromatic rings. The summed E-state index contributed by atoms with van der Waals surface area (Å²) in [6.45, 7) is 7.90. The van der Waals surface area contributed by atoms with Gasteiger partial charge >= 0.3 is 0 Å². The SMILES string of the molecule is CC(C)Oc1ccc2[nH]nc(-c3nccc(C4CN(CCCN)C4)n3)c2c1. The smallest absolute Gasteiger partial charge is 0.180 e. The first-order valence-corrected chi connectivity index (χ1v) is 9.54. The molecule has 1 fully saturated rings. The topological polar surface area (TPSA) is 93.0 Å². The molecule has 0 spiro atoms. The molecule has 1 aromatic carbocycles. The highest BCUT2D eigenvalue weighted by molar-refractivity contribution is 5.92. The van der Waals surface area contributed by atoms with Crippen molar-refractivity contribution in [1.29, 1.82) is 0 Å². The van der Waals surface area contributed by atoms with Crippen LogP contribution in [-0.4, -0.2) is 57.3 Å². The van der Waals surface area contributed by atoms with Gasteiger partial charge in [0.1, 0.15) is 11.4 Å². The van der Waals surface area contributed by atoms with Gasteiger partial charge in [-0.15, -0.1) is 0 Å². The van der Waals surface area contributed by atoms with Gasteiger partial charge in [-0.3, -0.25) is 5.10 Å². The lowest BCUT2D eigenvalue weighted by Gasteiger charge is -2.38. The second-order valence-corrected chi connectivity index (χ2v) is 7.35. The molecule has 7 heteroatoms. The summed E-state index contributed by atoms with van der Waals surface area (Å²) < 4.78 is 5.82. The van der Waals surface area contributed by atoms with Crippen LogP contribution in [0.15, 0.2) is 30.5 Å². The average molecular weight is 366 g/mol. The fourth-order valence-corrected chi connectivity index (χ4v) is 3.48. The van der Waals surface area contributed by atoms with E-state index >= 15 is 0 Å². The van der Waals surface area contributed by atoms with Gasteiger partial charge in [0.2, 0.25) is 0 Å². The van der Waals surface area contributed by atoms with Crippen molar-refractivity contribution in [2.45, 2.75) is 32.3 Å². The minimum Gasteiger partial charge on any atom is -0.491 e. The van der Waals surface area contributed by atoms with Gasteiger partial charge in [-0.25, -0.2) is 9.97 Å². The maximum atomic E-state index is 5.82. The van der Waals surface area contributed by atoms with E-state index in [4.69, 9.17) is 15.5 Å². The molecule has 0 atom stereocenters. The Bertz CT molecular complexity index is 916. The first-order chi connectivity index (χ1) is 13.1. The molecule has 1 saturated heterocycles. The molecular weight excluding hydrogens is 340 g/mol. The number of likely N-dealkylation sites (tertiary alicyclic amines) is 1. The fourth-order valence-electron chi connectivity index (χ4n) is 3.48. The molecule has 3 heterocycles. The van der Waals surface area contributed by atoms with E-state index in [9.17, 15) is 0 Å². The van der Waals surface area contributed by atoms with Crippen LogP contribution < -0.4 is 10.5 Å². The molecule has 27 heavy (non-hydrogen) atoms. The first-order valence-electron chi connectivity index (χ1n) is 9.54. The van der Waals surface area contributed by atoms with Gasteiger partial charge in [0.25, 0.3) is 0 Å². The third-order valence-corrected chi connectivity index (χ3v) is 4.85. The van der Waals surface area contributed by atoms with E-state index in [1.807, 2.05) is 44.3 Å². The third kappa shape index (κ3) is 3.79. The summed E-state index contributed by atoms with van der Waals surface area (Å²) in [4.78, 5) is 11.7. The Kier molecular flexibility index (Phi) is 5.05. The quantitative estimate of drug-likeness (QED) is 0.667. The molecule has 4 rings (SSSR count). The number of fused-ring (bicyclic) bond motifs is 1. The van der Waals surface area contributed by atoms with Crippen LogP contribution in [0.25, 0.3) is 22.4 Å². The Morgan fingerprint density at radius 2 is 2.15 bits per heavy atom. The predicted molar refractivity (Wildman–Crippen MR) is 106 cm³/mol. The molecule has 1 aliphatic rings.